The Kier molecular flexibility index (Phi) is 10.2. The van der Waals surface area contributed by atoms with E-state index in [9.17, 15) is 0 Å². The molecule has 0 amide bonds. The molecular formula is C10H27N5. The molecule has 0 atom stereocenters. The number of nitrogens with two attached hydrogens (primary N) is 2. The van der Waals surface area contributed by atoms with Crippen LogP contribution in [0.3, 0.4) is 0 Å². The van der Waals surface area contributed by atoms with Crippen molar-refractivity contribution in [1.29, 1.82) is 0 Å². The molecule has 0 spiro atoms. The van der Waals surface area contributed by atoms with E-state index in [4.69, 9.17) is 11.7 Å². The third kappa shape index (κ3) is 10.1. The van der Waals surface area contributed by atoms with Crippen molar-refractivity contribution in [1.82, 2.24) is 15.3 Å². The van der Waals surface area contributed by atoms with Crippen LogP contribution in [0.25, 0.3) is 0 Å². The molecule has 92 valence electrons. The van der Waals surface area contributed by atoms with E-state index in [-0.39, 0.29) is 0 Å². The van der Waals surface area contributed by atoms with Gasteiger partial charge in [0, 0.05) is 6.54 Å². The molecule has 0 heterocycles. The minimum absolute atomic E-state index is 0.606. The maximum atomic E-state index is 5.80. The highest BCUT2D eigenvalue weighted by Gasteiger charge is 2.02. The Bertz CT molecular complexity index is 131. The number of hydrogen-bond donors (Lipinski definition) is 3. The Hall–Kier alpha value is -0.200. The van der Waals surface area contributed by atoms with Crippen molar-refractivity contribution < 1.29 is 0 Å². The molecule has 0 aromatic heterocycles. The van der Waals surface area contributed by atoms with Crippen molar-refractivity contribution >= 4 is 0 Å². The number of nitrogens with one attached hydrogen (secondary N) is 1. The van der Waals surface area contributed by atoms with Gasteiger partial charge in [-0.25, -0.2) is 10.0 Å². The van der Waals surface area contributed by atoms with Crippen LogP contribution < -0.4 is 17.0 Å². The van der Waals surface area contributed by atoms with E-state index in [0.29, 0.717) is 13.3 Å². The molecule has 0 rings (SSSR count). The van der Waals surface area contributed by atoms with Gasteiger partial charge in [-0.3, -0.25) is 11.7 Å². The predicted octanol–water partition coefficient (Wildman–Crippen LogP) is 0.443. The molecule has 0 aliphatic carbocycles. The summed E-state index contributed by atoms with van der Waals surface area (Å²) in [4.78, 5) is 0. The van der Waals surface area contributed by atoms with E-state index >= 15 is 0 Å². The number of nitrogens with zero attached hydrogens (tertiary/aromatic N) is 2. The molecule has 15 heavy (non-hydrogen) atoms. The van der Waals surface area contributed by atoms with Gasteiger partial charge in [0.1, 0.15) is 0 Å². The quantitative estimate of drug-likeness (QED) is 0.214. The first-order valence-corrected chi connectivity index (χ1v) is 5.84. The van der Waals surface area contributed by atoms with Gasteiger partial charge in [0.05, 0.1) is 13.3 Å². The molecule has 0 aromatic carbocycles. The lowest BCUT2D eigenvalue weighted by atomic mass is 10.1. The second-order valence-electron chi connectivity index (χ2n) is 3.97. The Labute approximate surface area is 93.7 Å². The van der Waals surface area contributed by atoms with E-state index in [1.807, 2.05) is 7.05 Å². The van der Waals surface area contributed by atoms with Crippen LogP contribution in [-0.4, -0.2) is 36.9 Å². The fraction of sp³-hybridized carbons (Fsp3) is 1.00. The molecule has 0 saturated carbocycles. The largest absolute Gasteiger partial charge is 0.306 e. The standard InChI is InChI=1S/C10H27N5/c1-3-4-5-6-7-8-14(11)10-15(12)9-13-2/h13H,3-12H2,1-2H3. The van der Waals surface area contributed by atoms with Gasteiger partial charge in [-0.05, 0) is 13.5 Å². The van der Waals surface area contributed by atoms with Crippen LogP contribution in [0, 0.1) is 0 Å². The number of rotatable bonds is 10. The van der Waals surface area contributed by atoms with Crippen molar-refractivity contribution in [2.75, 3.05) is 26.9 Å². The summed E-state index contributed by atoms with van der Waals surface area (Å²) in [6, 6.07) is 0. The van der Waals surface area contributed by atoms with Crippen molar-refractivity contribution in [2.24, 2.45) is 11.7 Å². The molecule has 0 fully saturated rings. The molecule has 0 aliphatic rings. The molecule has 0 unspecified atom stereocenters. The summed E-state index contributed by atoms with van der Waals surface area (Å²) in [6.07, 6.45) is 6.34. The fourth-order valence-corrected chi connectivity index (χ4v) is 1.48. The summed E-state index contributed by atoms with van der Waals surface area (Å²) in [5.41, 5.74) is 0. The van der Waals surface area contributed by atoms with E-state index in [0.717, 1.165) is 13.0 Å². The molecule has 5 nitrogen and oxygen atoms in total. The van der Waals surface area contributed by atoms with Crippen LogP contribution in [-0.2, 0) is 0 Å². The van der Waals surface area contributed by atoms with Crippen molar-refractivity contribution in [3.05, 3.63) is 0 Å². The summed E-state index contributed by atoms with van der Waals surface area (Å²) < 4.78 is 0. The van der Waals surface area contributed by atoms with Gasteiger partial charge in [-0.2, -0.15) is 0 Å². The smallest absolute Gasteiger partial charge is 0.0791 e. The van der Waals surface area contributed by atoms with Crippen LogP contribution in [0.2, 0.25) is 0 Å². The minimum atomic E-state index is 0.606. The van der Waals surface area contributed by atoms with Gasteiger partial charge < -0.3 is 5.32 Å². The molecule has 0 radical (unpaired) electrons. The van der Waals surface area contributed by atoms with Gasteiger partial charge >= 0.3 is 0 Å². The average Bonchev–Trinajstić information content (AvgIpc) is 2.17. The van der Waals surface area contributed by atoms with Gasteiger partial charge in [-0.15, -0.1) is 0 Å². The highest BCUT2D eigenvalue weighted by atomic mass is 15.6. The Morgan fingerprint density at radius 3 is 2.27 bits per heavy atom. The van der Waals surface area contributed by atoms with Crippen molar-refractivity contribution in [3.63, 3.8) is 0 Å². The van der Waals surface area contributed by atoms with Crippen molar-refractivity contribution in [2.45, 2.75) is 39.0 Å². The zero-order chi connectivity index (χ0) is 11.5. The lowest BCUT2D eigenvalue weighted by Crippen LogP contribution is -2.48. The van der Waals surface area contributed by atoms with E-state index in [2.05, 4.69) is 12.2 Å². The molecule has 0 aromatic rings. The molecule has 0 aliphatic heterocycles. The predicted molar refractivity (Wildman–Crippen MR) is 64.5 cm³/mol. The van der Waals surface area contributed by atoms with E-state index < -0.39 is 0 Å². The highest BCUT2D eigenvalue weighted by Crippen LogP contribution is 2.02. The lowest BCUT2D eigenvalue weighted by molar-refractivity contribution is 0.125. The first-order chi connectivity index (χ1) is 7.20. The van der Waals surface area contributed by atoms with Gasteiger partial charge in [0.2, 0.25) is 0 Å². The summed E-state index contributed by atoms with van der Waals surface area (Å²) in [5.74, 6) is 11.5. The van der Waals surface area contributed by atoms with Crippen LogP contribution in [0.1, 0.15) is 39.0 Å². The van der Waals surface area contributed by atoms with Crippen LogP contribution in [0.15, 0.2) is 0 Å². The zero-order valence-corrected chi connectivity index (χ0v) is 10.2. The number of hydrazine groups is 2. The Morgan fingerprint density at radius 1 is 1.00 bits per heavy atom. The number of hydrogen-bond acceptors (Lipinski definition) is 5. The molecule has 0 saturated heterocycles. The molecular weight excluding hydrogens is 190 g/mol. The zero-order valence-electron chi connectivity index (χ0n) is 10.2. The highest BCUT2D eigenvalue weighted by molar-refractivity contribution is 4.50. The number of unbranched alkanes of at least 4 members (excludes halogenated alkanes) is 4. The maximum absolute atomic E-state index is 5.80. The third-order valence-corrected chi connectivity index (χ3v) is 2.27. The summed E-state index contributed by atoms with van der Waals surface area (Å²) in [7, 11) is 1.87. The van der Waals surface area contributed by atoms with Crippen LogP contribution in [0.4, 0.5) is 0 Å². The van der Waals surface area contributed by atoms with E-state index in [1.165, 1.54) is 25.7 Å². The normalized spacial score (nSPS) is 11.6. The lowest BCUT2D eigenvalue weighted by Gasteiger charge is -2.23. The first-order valence-electron chi connectivity index (χ1n) is 5.84. The monoisotopic (exact) mass is 217 g/mol. The van der Waals surface area contributed by atoms with Gasteiger partial charge in [0.25, 0.3) is 0 Å². The SMILES string of the molecule is CCCCCCCN(N)CN(N)CNC. The van der Waals surface area contributed by atoms with Gasteiger partial charge in [-0.1, -0.05) is 32.6 Å². The summed E-state index contributed by atoms with van der Waals surface area (Å²) >= 11 is 0. The fourth-order valence-electron chi connectivity index (χ4n) is 1.48. The molecule has 5 N–H and O–H groups in total. The Morgan fingerprint density at radius 2 is 1.67 bits per heavy atom. The Balaban J connectivity index is 3.28. The van der Waals surface area contributed by atoms with Crippen LogP contribution in [0.5, 0.6) is 0 Å². The summed E-state index contributed by atoms with van der Waals surface area (Å²) in [5, 5.41) is 6.40. The maximum Gasteiger partial charge on any atom is 0.0791 e. The second kappa shape index (κ2) is 10.3. The molecule has 5 heteroatoms. The van der Waals surface area contributed by atoms with E-state index in [1.54, 1.807) is 10.0 Å². The molecule has 0 bridgehead atoms. The van der Waals surface area contributed by atoms with Crippen molar-refractivity contribution in [3.8, 4) is 0 Å². The minimum Gasteiger partial charge on any atom is -0.306 e. The topological polar surface area (TPSA) is 70.5 Å². The third-order valence-electron chi connectivity index (χ3n) is 2.27. The van der Waals surface area contributed by atoms with Gasteiger partial charge in [0.15, 0.2) is 0 Å². The van der Waals surface area contributed by atoms with Crippen LogP contribution >= 0.6 is 0 Å². The average molecular weight is 217 g/mol. The summed E-state index contributed by atoms with van der Waals surface area (Å²) in [6.45, 7) is 4.40. The second-order valence-corrected chi connectivity index (χ2v) is 3.97. The first kappa shape index (κ1) is 14.8.